The van der Waals surface area contributed by atoms with Crippen molar-refractivity contribution in [2.45, 2.75) is 20.4 Å². The molecule has 3 rings (SSSR count). The number of aryl methyl sites for hydroxylation is 2. The van der Waals surface area contributed by atoms with Gasteiger partial charge in [0.15, 0.2) is 0 Å². The van der Waals surface area contributed by atoms with E-state index in [1.54, 1.807) is 17.5 Å². The Morgan fingerprint density at radius 1 is 1.00 bits per heavy atom. The maximum absolute atomic E-state index is 8.73. The van der Waals surface area contributed by atoms with Gasteiger partial charge in [-0.1, -0.05) is 6.07 Å². The Labute approximate surface area is 169 Å². The molecule has 0 spiro atoms. The zero-order valence-electron chi connectivity index (χ0n) is 16.2. The molecule has 0 saturated heterocycles. The summed E-state index contributed by atoms with van der Waals surface area (Å²) < 4.78 is 0. The number of nitrogens with one attached hydrogen (secondary N) is 3. The van der Waals surface area contributed by atoms with Crippen molar-refractivity contribution < 1.29 is 5.11 Å². The smallest absolute Gasteiger partial charge is 0.227 e. The summed E-state index contributed by atoms with van der Waals surface area (Å²) in [5.41, 5.74) is 4.18. The van der Waals surface area contributed by atoms with Crippen LogP contribution < -0.4 is 16.0 Å². The molecule has 0 aliphatic heterocycles. The van der Waals surface area contributed by atoms with Gasteiger partial charge in [0.25, 0.3) is 0 Å². The lowest BCUT2D eigenvalue weighted by Gasteiger charge is -2.07. The number of thiazole rings is 1. The predicted molar refractivity (Wildman–Crippen MR) is 114 cm³/mol. The molecule has 7 nitrogen and oxygen atoms in total. The molecule has 0 aliphatic carbocycles. The fourth-order valence-electron chi connectivity index (χ4n) is 2.81. The molecular weight excluding hydrogens is 372 g/mol. The summed E-state index contributed by atoms with van der Waals surface area (Å²) in [7, 11) is 0. The van der Waals surface area contributed by atoms with Crippen LogP contribution in [0, 0.1) is 13.8 Å². The molecule has 0 radical (unpaired) electrons. The van der Waals surface area contributed by atoms with Gasteiger partial charge in [-0.15, -0.1) is 11.3 Å². The summed E-state index contributed by atoms with van der Waals surface area (Å²) in [6, 6.07) is 8.16. The van der Waals surface area contributed by atoms with Gasteiger partial charge in [0.1, 0.15) is 10.7 Å². The van der Waals surface area contributed by atoms with Crippen molar-refractivity contribution in [1.29, 1.82) is 0 Å². The molecule has 8 heteroatoms. The molecular formula is C20H26N6OS. The van der Waals surface area contributed by atoms with Crippen LogP contribution in [0.4, 0.5) is 11.6 Å². The fraction of sp³-hybridized carbons (Fsp3) is 0.350. The van der Waals surface area contributed by atoms with Gasteiger partial charge in [-0.25, -0.2) is 15.0 Å². The summed E-state index contributed by atoms with van der Waals surface area (Å²) in [5, 5.41) is 19.4. The summed E-state index contributed by atoms with van der Waals surface area (Å²) >= 11 is 1.62. The molecule has 0 unspecified atom stereocenters. The summed E-state index contributed by atoms with van der Waals surface area (Å²) in [4.78, 5) is 14.6. The van der Waals surface area contributed by atoms with Gasteiger partial charge in [-0.05, 0) is 43.2 Å². The largest absolute Gasteiger partial charge is 0.395 e. The second kappa shape index (κ2) is 10.2. The highest BCUT2D eigenvalue weighted by molar-refractivity contribution is 7.14. The number of nitrogens with zero attached hydrogens (tertiary/aromatic N) is 3. The molecule has 3 aromatic rings. The lowest BCUT2D eigenvalue weighted by atomic mass is 10.1. The Hall–Kier alpha value is -2.39. The van der Waals surface area contributed by atoms with Gasteiger partial charge in [-0.2, -0.15) is 0 Å². The van der Waals surface area contributed by atoms with Crippen molar-refractivity contribution in [3.63, 3.8) is 0 Å². The highest BCUT2D eigenvalue weighted by Crippen LogP contribution is 2.25. The van der Waals surface area contributed by atoms with Crippen LogP contribution >= 0.6 is 11.3 Å². The Morgan fingerprint density at radius 3 is 2.57 bits per heavy atom. The predicted octanol–water partition coefficient (Wildman–Crippen LogP) is 2.63. The first-order valence-electron chi connectivity index (χ1n) is 9.30. The number of aliphatic hydroxyl groups excluding tert-OH is 1. The van der Waals surface area contributed by atoms with E-state index >= 15 is 0 Å². The minimum atomic E-state index is 0.164. The highest BCUT2D eigenvalue weighted by Gasteiger charge is 2.08. The molecule has 0 bridgehead atoms. The topological polar surface area (TPSA) is 95.0 Å². The van der Waals surface area contributed by atoms with Gasteiger partial charge in [0.05, 0.1) is 6.61 Å². The van der Waals surface area contributed by atoms with Gasteiger partial charge >= 0.3 is 0 Å². The molecule has 0 aliphatic rings. The number of rotatable bonds is 10. The second-order valence-electron chi connectivity index (χ2n) is 6.55. The number of hydrogen-bond acceptors (Lipinski definition) is 8. The monoisotopic (exact) mass is 398 g/mol. The molecule has 28 heavy (non-hydrogen) atoms. The van der Waals surface area contributed by atoms with E-state index in [1.807, 2.05) is 12.3 Å². The quantitative estimate of drug-likeness (QED) is 0.390. The van der Waals surface area contributed by atoms with E-state index in [2.05, 4.69) is 62.9 Å². The molecule has 0 fully saturated rings. The third-order valence-electron chi connectivity index (χ3n) is 3.97. The number of hydrogen-bond donors (Lipinski definition) is 4. The van der Waals surface area contributed by atoms with Crippen LogP contribution in [-0.4, -0.2) is 46.3 Å². The van der Waals surface area contributed by atoms with Gasteiger partial charge in [0, 0.05) is 49.1 Å². The van der Waals surface area contributed by atoms with E-state index in [0.717, 1.165) is 40.9 Å². The summed E-state index contributed by atoms with van der Waals surface area (Å²) in [5.74, 6) is 0.562. The van der Waals surface area contributed by atoms with E-state index < -0.39 is 0 Å². The van der Waals surface area contributed by atoms with Crippen LogP contribution in [0.25, 0.3) is 10.7 Å². The standard InChI is InChI=1S/C20H26N6OS/c1-14-9-15(2)11-16(10-14)25-20-23-4-3-18(26-20)19-24-13-17(28-19)12-22-6-5-21-7-8-27/h3-4,9-11,13,21-22,27H,5-8,12H2,1-2H3,(H,23,25,26). The third-order valence-corrected chi connectivity index (χ3v) is 4.99. The molecule has 4 N–H and O–H groups in total. The van der Waals surface area contributed by atoms with E-state index in [9.17, 15) is 0 Å². The first-order chi connectivity index (χ1) is 13.6. The first-order valence-corrected chi connectivity index (χ1v) is 10.1. The van der Waals surface area contributed by atoms with Crippen LogP contribution in [0.1, 0.15) is 16.0 Å². The van der Waals surface area contributed by atoms with E-state index in [0.29, 0.717) is 12.5 Å². The van der Waals surface area contributed by atoms with E-state index in [-0.39, 0.29) is 6.61 Å². The van der Waals surface area contributed by atoms with E-state index in [1.165, 1.54) is 11.1 Å². The molecule has 0 amide bonds. The van der Waals surface area contributed by atoms with Gasteiger partial charge in [0.2, 0.25) is 5.95 Å². The van der Waals surface area contributed by atoms with Crippen LogP contribution in [-0.2, 0) is 6.54 Å². The van der Waals surface area contributed by atoms with Crippen molar-refractivity contribution in [3.8, 4) is 10.7 Å². The van der Waals surface area contributed by atoms with Crippen LogP contribution in [0.15, 0.2) is 36.7 Å². The number of aromatic nitrogens is 3. The Morgan fingerprint density at radius 2 is 1.79 bits per heavy atom. The molecule has 2 aromatic heterocycles. The SMILES string of the molecule is Cc1cc(C)cc(Nc2nccc(-c3ncc(CNCCNCCO)s3)n2)c1. The fourth-order valence-corrected chi connectivity index (χ4v) is 3.67. The zero-order valence-corrected chi connectivity index (χ0v) is 17.0. The number of benzene rings is 1. The van der Waals surface area contributed by atoms with Crippen molar-refractivity contribution >= 4 is 23.0 Å². The number of anilines is 2. The van der Waals surface area contributed by atoms with Gasteiger partial charge in [-0.3, -0.25) is 0 Å². The maximum Gasteiger partial charge on any atom is 0.227 e. The Kier molecular flexibility index (Phi) is 7.44. The molecule has 148 valence electrons. The average Bonchev–Trinajstić information content (AvgIpc) is 3.13. The maximum atomic E-state index is 8.73. The molecule has 0 atom stereocenters. The van der Waals surface area contributed by atoms with Gasteiger partial charge < -0.3 is 21.1 Å². The van der Waals surface area contributed by atoms with Crippen molar-refractivity contribution in [1.82, 2.24) is 25.6 Å². The minimum absolute atomic E-state index is 0.164. The highest BCUT2D eigenvalue weighted by atomic mass is 32.1. The zero-order chi connectivity index (χ0) is 19.8. The van der Waals surface area contributed by atoms with E-state index in [4.69, 9.17) is 5.11 Å². The summed E-state index contributed by atoms with van der Waals surface area (Å²) in [6.45, 7) is 7.36. The minimum Gasteiger partial charge on any atom is -0.395 e. The second-order valence-corrected chi connectivity index (χ2v) is 7.66. The average molecular weight is 399 g/mol. The third kappa shape index (κ3) is 6.07. The lowest BCUT2D eigenvalue weighted by Crippen LogP contribution is -2.28. The Balaban J connectivity index is 1.60. The van der Waals surface area contributed by atoms with Crippen molar-refractivity contribution in [2.24, 2.45) is 0 Å². The summed E-state index contributed by atoms with van der Waals surface area (Å²) in [6.07, 6.45) is 3.63. The first kappa shape index (κ1) is 20.3. The number of aliphatic hydroxyl groups is 1. The lowest BCUT2D eigenvalue weighted by molar-refractivity contribution is 0.292. The normalized spacial score (nSPS) is 11.0. The molecule has 1 aromatic carbocycles. The van der Waals surface area contributed by atoms with Crippen molar-refractivity contribution in [3.05, 3.63) is 52.7 Å². The Bertz CT molecular complexity index is 878. The molecule has 0 saturated carbocycles. The molecule has 2 heterocycles. The van der Waals surface area contributed by atoms with Crippen molar-refractivity contribution in [2.75, 3.05) is 31.6 Å². The van der Waals surface area contributed by atoms with Crippen LogP contribution in [0.3, 0.4) is 0 Å². The van der Waals surface area contributed by atoms with Crippen LogP contribution in [0.2, 0.25) is 0 Å². The van der Waals surface area contributed by atoms with Crippen LogP contribution in [0.5, 0.6) is 0 Å².